The van der Waals surface area contributed by atoms with Crippen LogP contribution in [0.2, 0.25) is 0 Å². The Hall–Kier alpha value is -3.89. The third kappa shape index (κ3) is 6.33. The summed E-state index contributed by atoms with van der Waals surface area (Å²) in [6, 6.07) is 16.4. The lowest BCUT2D eigenvalue weighted by molar-refractivity contribution is -0.248. The Balaban J connectivity index is 1.64. The number of hydroxylamine groups is 2. The first kappa shape index (κ1) is 24.7. The summed E-state index contributed by atoms with van der Waals surface area (Å²) in [7, 11) is 0. The summed E-state index contributed by atoms with van der Waals surface area (Å²) in [5.41, 5.74) is 3.03. The molecular formula is C24H21F3N4O3. The number of nitrogens with one attached hydrogen (secondary N) is 1. The van der Waals surface area contributed by atoms with Crippen LogP contribution in [0.25, 0.3) is 11.1 Å². The molecule has 1 aliphatic heterocycles. The second-order valence-corrected chi connectivity index (χ2v) is 7.81. The second kappa shape index (κ2) is 10.8. The molecule has 1 amide bonds. The molecular weight excluding hydrogens is 449 g/mol. The van der Waals surface area contributed by atoms with E-state index in [0.29, 0.717) is 18.4 Å². The van der Waals surface area contributed by atoms with Crippen molar-refractivity contribution in [1.82, 2.24) is 10.4 Å². The number of alkyl halides is 3. The highest BCUT2D eigenvalue weighted by Crippen LogP contribution is 2.24. The summed E-state index contributed by atoms with van der Waals surface area (Å²) in [4.78, 5) is 28.3. The van der Waals surface area contributed by atoms with Crippen molar-refractivity contribution in [2.24, 2.45) is 0 Å². The van der Waals surface area contributed by atoms with Gasteiger partial charge in [0.1, 0.15) is 12.1 Å². The van der Waals surface area contributed by atoms with Crippen molar-refractivity contribution in [2.75, 3.05) is 6.54 Å². The number of piperidine rings is 1. The molecule has 0 spiro atoms. The lowest BCUT2D eigenvalue weighted by Gasteiger charge is -2.33. The lowest BCUT2D eigenvalue weighted by Crippen LogP contribution is -2.53. The maximum Gasteiger partial charge on any atom is 0.492 e. The van der Waals surface area contributed by atoms with E-state index >= 15 is 0 Å². The number of amides is 1. The first-order chi connectivity index (χ1) is 16.2. The maximum absolute atomic E-state index is 12.7. The topological polar surface area (TPSA) is 106 Å². The van der Waals surface area contributed by atoms with Crippen LogP contribution in [0.4, 0.5) is 13.2 Å². The van der Waals surface area contributed by atoms with E-state index in [9.17, 15) is 28.0 Å². The normalized spacial score (nSPS) is 17.1. The summed E-state index contributed by atoms with van der Waals surface area (Å²) < 4.78 is 37.7. The molecule has 1 N–H and O–H groups in total. The summed E-state index contributed by atoms with van der Waals surface area (Å²) in [5.74, 6) is -3.06. The highest BCUT2D eigenvalue weighted by molar-refractivity contribution is 5.83. The Morgan fingerprint density at radius 3 is 2.50 bits per heavy atom. The minimum Gasteiger partial charge on any atom is -0.360 e. The van der Waals surface area contributed by atoms with Crippen LogP contribution in [0.5, 0.6) is 0 Å². The van der Waals surface area contributed by atoms with Gasteiger partial charge in [0, 0.05) is 13.0 Å². The van der Waals surface area contributed by atoms with Crippen LogP contribution in [0, 0.1) is 22.7 Å². The molecule has 1 fully saturated rings. The predicted octanol–water partition coefficient (Wildman–Crippen LogP) is 3.65. The van der Waals surface area contributed by atoms with Gasteiger partial charge in [-0.15, -0.1) is 5.06 Å². The zero-order valence-electron chi connectivity index (χ0n) is 18.0. The standard InChI is InChI=1S/C24H21F3N4O3/c25-24(26,27)23(33)34-31-11-2-1-6-21(31)22(32)30-20(15-29)13-16-7-9-18(10-8-16)19-5-3-4-17(12-19)14-28/h3-5,7-10,12,20-21H,1-2,6,11,13H2,(H,30,32)/t20-,21-/m0/s1. The molecule has 1 heterocycles. The predicted molar refractivity (Wildman–Crippen MR) is 114 cm³/mol. The van der Waals surface area contributed by atoms with Crippen molar-refractivity contribution < 1.29 is 27.6 Å². The van der Waals surface area contributed by atoms with E-state index in [0.717, 1.165) is 21.8 Å². The zero-order valence-corrected chi connectivity index (χ0v) is 18.0. The number of hydrogen-bond donors (Lipinski definition) is 1. The molecule has 0 saturated carbocycles. The van der Waals surface area contributed by atoms with E-state index in [1.807, 2.05) is 24.3 Å². The van der Waals surface area contributed by atoms with Crippen LogP contribution in [0.3, 0.4) is 0 Å². The van der Waals surface area contributed by atoms with Crippen molar-refractivity contribution in [3.05, 3.63) is 59.7 Å². The fraction of sp³-hybridized carbons (Fsp3) is 0.333. The molecule has 10 heteroatoms. The lowest BCUT2D eigenvalue weighted by atomic mass is 9.99. The van der Waals surface area contributed by atoms with E-state index in [2.05, 4.69) is 16.2 Å². The van der Waals surface area contributed by atoms with Crippen LogP contribution in [-0.4, -0.2) is 41.7 Å². The number of carbonyl (C=O) groups excluding carboxylic acids is 2. The van der Waals surface area contributed by atoms with E-state index in [4.69, 9.17) is 5.26 Å². The minimum atomic E-state index is -5.17. The van der Waals surface area contributed by atoms with Crippen LogP contribution in [-0.2, 0) is 20.8 Å². The van der Waals surface area contributed by atoms with Crippen molar-refractivity contribution in [1.29, 1.82) is 10.5 Å². The fourth-order valence-electron chi connectivity index (χ4n) is 3.67. The molecule has 0 aromatic heterocycles. The molecule has 2 atom stereocenters. The van der Waals surface area contributed by atoms with Gasteiger partial charge < -0.3 is 10.2 Å². The Bertz CT molecular complexity index is 1120. The number of hydrogen-bond acceptors (Lipinski definition) is 6. The zero-order chi connectivity index (χ0) is 24.7. The molecule has 2 aromatic rings. The van der Waals surface area contributed by atoms with Gasteiger partial charge in [0.2, 0.25) is 5.91 Å². The van der Waals surface area contributed by atoms with Crippen LogP contribution >= 0.6 is 0 Å². The molecule has 0 radical (unpaired) electrons. The Kier molecular flexibility index (Phi) is 7.87. The van der Waals surface area contributed by atoms with Gasteiger partial charge in [-0.05, 0) is 48.1 Å². The molecule has 0 aliphatic carbocycles. The van der Waals surface area contributed by atoms with Crippen molar-refractivity contribution in [3.63, 3.8) is 0 Å². The first-order valence-electron chi connectivity index (χ1n) is 10.6. The quantitative estimate of drug-likeness (QED) is 0.691. The SMILES string of the molecule is N#Cc1cccc(-c2ccc(C[C@@H](C#N)NC(=O)[C@@H]3CCCCN3OC(=O)C(F)(F)F)cc2)c1. The molecule has 0 bridgehead atoms. The summed E-state index contributed by atoms with van der Waals surface area (Å²) in [6.07, 6.45) is -3.75. The molecule has 34 heavy (non-hydrogen) atoms. The second-order valence-electron chi connectivity index (χ2n) is 7.81. The molecule has 1 aliphatic rings. The number of nitrogens with zero attached hydrogens (tertiary/aromatic N) is 3. The fourth-order valence-corrected chi connectivity index (χ4v) is 3.67. The Labute approximate surface area is 194 Å². The molecule has 0 unspecified atom stereocenters. The van der Waals surface area contributed by atoms with Gasteiger partial charge in [-0.3, -0.25) is 4.79 Å². The van der Waals surface area contributed by atoms with E-state index in [-0.39, 0.29) is 19.4 Å². The summed E-state index contributed by atoms with van der Waals surface area (Å²) in [6.45, 7) is -0.00834. The Morgan fingerprint density at radius 1 is 1.12 bits per heavy atom. The smallest absolute Gasteiger partial charge is 0.360 e. The Morgan fingerprint density at radius 2 is 1.85 bits per heavy atom. The molecule has 1 saturated heterocycles. The monoisotopic (exact) mass is 470 g/mol. The van der Waals surface area contributed by atoms with Crippen LogP contribution in [0.15, 0.2) is 48.5 Å². The van der Waals surface area contributed by atoms with E-state index in [1.165, 1.54) is 0 Å². The van der Waals surface area contributed by atoms with Gasteiger partial charge in [-0.1, -0.05) is 36.4 Å². The van der Waals surface area contributed by atoms with Crippen molar-refractivity contribution >= 4 is 11.9 Å². The number of halogens is 3. The van der Waals surface area contributed by atoms with Gasteiger partial charge in [-0.25, -0.2) is 4.79 Å². The molecule has 2 aromatic carbocycles. The molecule has 3 rings (SSSR count). The maximum atomic E-state index is 12.7. The number of carbonyl (C=O) groups is 2. The van der Waals surface area contributed by atoms with Gasteiger partial charge >= 0.3 is 12.1 Å². The third-order valence-corrected chi connectivity index (χ3v) is 5.38. The summed E-state index contributed by atoms with van der Waals surface area (Å²) in [5, 5.41) is 21.8. The molecule has 176 valence electrons. The van der Waals surface area contributed by atoms with Gasteiger partial charge in [0.25, 0.3) is 0 Å². The van der Waals surface area contributed by atoms with Crippen molar-refractivity contribution in [2.45, 2.75) is 43.9 Å². The van der Waals surface area contributed by atoms with E-state index in [1.54, 1.807) is 30.3 Å². The molecule has 7 nitrogen and oxygen atoms in total. The largest absolute Gasteiger partial charge is 0.492 e. The van der Waals surface area contributed by atoms with E-state index < -0.39 is 30.1 Å². The third-order valence-electron chi connectivity index (χ3n) is 5.38. The van der Waals surface area contributed by atoms with Crippen LogP contribution in [0.1, 0.15) is 30.4 Å². The highest BCUT2D eigenvalue weighted by atomic mass is 19.4. The van der Waals surface area contributed by atoms with Crippen LogP contribution < -0.4 is 5.32 Å². The number of rotatable bonds is 6. The minimum absolute atomic E-state index is 0.00834. The first-order valence-corrected chi connectivity index (χ1v) is 10.6. The average Bonchev–Trinajstić information content (AvgIpc) is 2.83. The van der Waals surface area contributed by atoms with Gasteiger partial charge in [0.05, 0.1) is 17.7 Å². The number of benzene rings is 2. The van der Waals surface area contributed by atoms with Gasteiger partial charge in [-0.2, -0.15) is 23.7 Å². The average molecular weight is 470 g/mol. The van der Waals surface area contributed by atoms with Crippen molar-refractivity contribution in [3.8, 4) is 23.3 Å². The number of nitriles is 2. The van der Waals surface area contributed by atoms with Gasteiger partial charge in [0.15, 0.2) is 0 Å². The highest BCUT2D eigenvalue weighted by Gasteiger charge is 2.44. The summed E-state index contributed by atoms with van der Waals surface area (Å²) >= 11 is 0.